The predicted octanol–water partition coefficient (Wildman–Crippen LogP) is 1.87. The summed E-state index contributed by atoms with van der Waals surface area (Å²) >= 11 is 0. The number of H-pyrrole nitrogens is 1. The van der Waals surface area contributed by atoms with E-state index in [0.29, 0.717) is 12.5 Å². The second-order valence-electron chi connectivity index (χ2n) is 4.49. The van der Waals surface area contributed by atoms with Crippen LogP contribution >= 0.6 is 0 Å². The fourth-order valence-electron chi connectivity index (χ4n) is 1.82. The summed E-state index contributed by atoms with van der Waals surface area (Å²) in [5.74, 6) is 0.674. The molecule has 5 heteroatoms. The lowest BCUT2D eigenvalue weighted by molar-refractivity contribution is 0.140. The maximum Gasteiger partial charge on any atom is 0.407 e. The minimum Gasteiger partial charge on any atom is -0.450 e. The third-order valence-electron chi connectivity index (χ3n) is 3.14. The van der Waals surface area contributed by atoms with Crippen LogP contribution in [0, 0.1) is 5.92 Å². The van der Waals surface area contributed by atoms with Gasteiger partial charge in [0.2, 0.25) is 0 Å². The zero-order valence-electron chi connectivity index (χ0n) is 9.95. The van der Waals surface area contributed by atoms with Gasteiger partial charge in [-0.05, 0) is 31.6 Å². The Hall–Kier alpha value is -1.52. The minimum absolute atomic E-state index is 0.290. The molecule has 0 unspecified atom stereocenters. The number of carbonyl (C=O) groups excluding carboxylic acids is 1. The molecule has 0 aromatic carbocycles. The number of alkyl carbamates (subject to hydrolysis) is 1. The van der Waals surface area contributed by atoms with E-state index < -0.39 is 0 Å². The summed E-state index contributed by atoms with van der Waals surface area (Å²) < 4.78 is 5.07. The molecular weight excluding hydrogens is 218 g/mol. The molecule has 0 aliphatic heterocycles. The first-order valence-corrected chi connectivity index (χ1v) is 6.22. The summed E-state index contributed by atoms with van der Waals surface area (Å²) in [5, 5.41) is 2.80. The van der Waals surface area contributed by atoms with Crippen molar-refractivity contribution in [1.29, 1.82) is 0 Å². The predicted molar refractivity (Wildman–Crippen MR) is 63.6 cm³/mol. The highest BCUT2D eigenvalue weighted by Crippen LogP contribution is 2.25. The summed E-state index contributed by atoms with van der Waals surface area (Å²) in [4.78, 5) is 18.2. The summed E-state index contributed by atoms with van der Waals surface area (Å²) in [7, 11) is 0. The van der Waals surface area contributed by atoms with E-state index in [1.54, 1.807) is 12.5 Å². The molecule has 17 heavy (non-hydrogen) atoms. The van der Waals surface area contributed by atoms with Crippen molar-refractivity contribution in [3.63, 3.8) is 0 Å². The monoisotopic (exact) mass is 237 g/mol. The Labute approximate surface area is 101 Å². The molecule has 0 radical (unpaired) electrons. The first kappa shape index (κ1) is 12.0. The van der Waals surface area contributed by atoms with Crippen LogP contribution in [0.3, 0.4) is 0 Å². The molecule has 1 aromatic rings. The third kappa shape index (κ3) is 4.09. The van der Waals surface area contributed by atoms with Crippen LogP contribution in [0.25, 0.3) is 0 Å². The number of hydrogen-bond acceptors (Lipinski definition) is 3. The highest BCUT2D eigenvalue weighted by molar-refractivity contribution is 5.67. The number of aromatic amines is 1. The minimum atomic E-state index is -0.290. The van der Waals surface area contributed by atoms with Gasteiger partial charge < -0.3 is 15.0 Å². The highest BCUT2D eigenvalue weighted by atomic mass is 16.5. The highest BCUT2D eigenvalue weighted by Gasteiger charge is 2.17. The van der Waals surface area contributed by atoms with Crippen LogP contribution in [-0.4, -0.2) is 29.2 Å². The number of carbonyl (C=O) groups is 1. The van der Waals surface area contributed by atoms with Gasteiger partial charge in [-0.25, -0.2) is 9.78 Å². The first-order valence-electron chi connectivity index (χ1n) is 6.22. The van der Waals surface area contributed by atoms with Crippen molar-refractivity contribution in [2.75, 3.05) is 13.2 Å². The second kappa shape index (κ2) is 6.27. The van der Waals surface area contributed by atoms with Crippen LogP contribution < -0.4 is 5.32 Å². The van der Waals surface area contributed by atoms with Crippen molar-refractivity contribution in [1.82, 2.24) is 15.3 Å². The van der Waals surface area contributed by atoms with E-state index >= 15 is 0 Å². The van der Waals surface area contributed by atoms with Gasteiger partial charge in [0.1, 0.15) is 0 Å². The van der Waals surface area contributed by atoms with E-state index in [-0.39, 0.29) is 6.09 Å². The number of amides is 1. The summed E-state index contributed by atoms with van der Waals surface area (Å²) in [6.07, 6.45) is 8.60. The molecule has 2 N–H and O–H groups in total. The summed E-state index contributed by atoms with van der Waals surface area (Å²) in [6, 6.07) is 0. The van der Waals surface area contributed by atoms with Gasteiger partial charge in [0.15, 0.2) is 0 Å². The van der Waals surface area contributed by atoms with Gasteiger partial charge in [0.25, 0.3) is 0 Å². The van der Waals surface area contributed by atoms with Gasteiger partial charge in [-0.2, -0.15) is 0 Å². The number of imidazole rings is 1. The lowest BCUT2D eigenvalue weighted by Gasteiger charge is -2.25. The normalized spacial score (nSPS) is 15.3. The number of aryl methyl sites for hydroxylation is 1. The lowest BCUT2D eigenvalue weighted by Crippen LogP contribution is -2.32. The standard InChI is InChI=1S/C12H19N3O2/c16-12(14-7-10-3-1-4-10)17-6-2-5-11-8-13-9-15-11/h8-10H,1-7H2,(H,13,15)(H,14,16). The van der Waals surface area contributed by atoms with Crippen LogP contribution in [0.4, 0.5) is 4.79 Å². The van der Waals surface area contributed by atoms with Gasteiger partial charge in [0.05, 0.1) is 12.9 Å². The Kier molecular flexibility index (Phi) is 4.41. The SMILES string of the molecule is O=C(NCC1CCC1)OCCCc1cnc[nH]1. The first-order chi connectivity index (χ1) is 8.34. The van der Waals surface area contributed by atoms with E-state index in [0.717, 1.165) is 25.1 Å². The van der Waals surface area contributed by atoms with E-state index in [2.05, 4.69) is 15.3 Å². The van der Waals surface area contributed by atoms with Crippen LogP contribution in [-0.2, 0) is 11.2 Å². The van der Waals surface area contributed by atoms with Crippen LogP contribution in [0.1, 0.15) is 31.4 Å². The number of ether oxygens (including phenoxy) is 1. The molecule has 0 spiro atoms. The van der Waals surface area contributed by atoms with Gasteiger partial charge in [-0.3, -0.25) is 0 Å². The smallest absolute Gasteiger partial charge is 0.407 e. The largest absolute Gasteiger partial charge is 0.450 e. The molecule has 0 saturated heterocycles. The molecule has 1 aliphatic carbocycles. The van der Waals surface area contributed by atoms with Crippen LogP contribution in [0.15, 0.2) is 12.5 Å². The van der Waals surface area contributed by atoms with Crippen molar-refractivity contribution in [2.24, 2.45) is 5.92 Å². The number of rotatable bonds is 6. The van der Waals surface area contributed by atoms with Crippen molar-refractivity contribution >= 4 is 6.09 Å². The molecule has 1 amide bonds. The third-order valence-corrected chi connectivity index (χ3v) is 3.14. The topological polar surface area (TPSA) is 67.0 Å². The van der Waals surface area contributed by atoms with E-state index in [9.17, 15) is 4.79 Å². The zero-order chi connectivity index (χ0) is 11.9. The van der Waals surface area contributed by atoms with Gasteiger partial charge in [0, 0.05) is 18.4 Å². The van der Waals surface area contributed by atoms with Crippen molar-refractivity contribution in [3.05, 3.63) is 18.2 Å². The molecule has 94 valence electrons. The number of nitrogens with one attached hydrogen (secondary N) is 2. The van der Waals surface area contributed by atoms with Crippen molar-refractivity contribution in [3.8, 4) is 0 Å². The Bertz CT molecular complexity index is 334. The molecule has 2 rings (SSSR count). The Morgan fingerprint density at radius 3 is 3.12 bits per heavy atom. The molecule has 5 nitrogen and oxygen atoms in total. The Morgan fingerprint density at radius 1 is 1.59 bits per heavy atom. The fraction of sp³-hybridized carbons (Fsp3) is 0.667. The van der Waals surface area contributed by atoms with Gasteiger partial charge in [-0.15, -0.1) is 0 Å². The summed E-state index contributed by atoms with van der Waals surface area (Å²) in [6.45, 7) is 1.22. The molecule has 1 aromatic heterocycles. The maximum atomic E-state index is 11.3. The maximum absolute atomic E-state index is 11.3. The average Bonchev–Trinajstić information content (AvgIpc) is 2.75. The van der Waals surface area contributed by atoms with Crippen LogP contribution in [0.2, 0.25) is 0 Å². The molecule has 1 heterocycles. The molecule has 1 saturated carbocycles. The van der Waals surface area contributed by atoms with Crippen LogP contribution in [0.5, 0.6) is 0 Å². The van der Waals surface area contributed by atoms with Crippen molar-refractivity contribution < 1.29 is 9.53 Å². The number of hydrogen-bond donors (Lipinski definition) is 2. The Morgan fingerprint density at radius 2 is 2.47 bits per heavy atom. The van der Waals surface area contributed by atoms with E-state index in [1.807, 2.05) is 0 Å². The quantitative estimate of drug-likeness (QED) is 0.742. The fourth-order valence-corrected chi connectivity index (χ4v) is 1.82. The van der Waals surface area contributed by atoms with Gasteiger partial charge >= 0.3 is 6.09 Å². The number of aromatic nitrogens is 2. The molecule has 1 aliphatic rings. The summed E-state index contributed by atoms with van der Waals surface area (Å²) in [5.41, 5.74) is 1.07. The zero-order valence-corrected chi connectivity index (χ0v) is 9.95. The average molecular weight is 237 g/mol. The van der Waals surface area contributed by atoms with E-state index in [1.165, 1.54) is 19.3 Å². The molecule has 1 fully saturated rings. The van der Waals surface area contributed by atoms with E-state index in [4.69, 9.17) is 4.74 Å². The molecule has 0 atom stereocenters. The molecular formula is C12H19N3O2. The molecule has 0 bridgehead atoms. The second-order valence-corrected chi connectivity index (χ2v) is 4.49. The Balaban J connectivity index is 1.48. The van der Waals surface area contributed by atoms with Gasteiger partial charge in [-0.1, -0.05) is 6.42 Å². The number of nitrogens with zero attached hydrogens (tertiary/aromatic N) is 1. The lowest BCUT2D eigenvalue weighted by atomic mass is 9.85. The van der Waals surface area contributed by atoms with Crippen molar-refractivity contribution in [2.45, 2.75) is 32.1 Å².